The van der Waals surface area contributed by atoms with Crippen LogP contribution >= 0.6 is 11.3 Å². The molecule has 0 bridgehead atoms. The Hall–Kier alpha value is -2.72. The summed E-state index contributed by atoms with van der Waals surface area (Å²) < 4.78 is 16.1. The zero-order valence-electron chi connectivity index (χ0n) is 13.2. The number of fused-ring (bicyclic) bond motifs is 1. The van der Waals surface area contributed by atoms with Crippen molar-refractivity contribution < 1.29 is 14.2 Å². The largest absolute Gasteiger partial charge is 0.497 e. The summed E-state index contributed by atoms with van der Waals surface area (Å²) in [4.78, 5) is 0. The standard InChI is InChI=1S/C20H16O3S/c1-21-17-5-3-15(4-6-17)18(16-8-9-24-12-16)10-14-2-7-19-20(11-14)23-13-22-19/h2-12H,13H2,1H3/b18-10-. The minimum absolute atomic E-state index is 0.290. The van der Waals surface area contributed by atoms with Crippen LogP contribution in [0, 0.1) is 0 Å². The van der Waals surface area contributed by atoms with Gasteiger partial charge in [0.25, 0.3) is 0 Å². The molecule has 2 aromatic carbocycles. The van der Waals surface area contributed by atoms with Crippen molar-refractivity contribution in [2.24, 2.45) is 0 Å². The van der Waals surface area contributed by atoms with Gasteiger partial charge in [0.15, 0.2) is 11.5 Å². The van der Waals surface area contributed by atoms with Gasteiger partial charge in [0.1, 0.15) is 5.75 Å². The van der Waals surface area contributed by atoms with Crippen molar-refractivity contribution in [1.82, 2.24) is 0 Å². The molecule has 0 amide bonds. The summed E-state index contributed by atoms with van der Waals surface area (Å²) in [6, 6.07) is 16.3. The van der Waals surface area contributed by atoms with Crippen molar-refractivity contribution in [2.45, 2.75) is 0 Å². The van der Waals surface area contributed by atoms with E-state index in [2.05, 4.69) is 35.0 Å². The van der Waals surface area contributed by atoms with Gasteiger partial charge in [0.05, 0.1) is 7.11 Å². The van der Waals surface area contributed by atoms with Crippen LogP contribution in [0.1, 0.15) is 16.7 Å². The van der Waals surface area contributed by atoms with Gasteiger partial charge in [-0.2, -0.15) is 11.3 Å². The van der Waals surface area contributed by atoms with Gasteiger partial charge in [-0.3, -0.25) is 0 Å². The number of hydrogen-bond acceptors (Lipinski definition) is 4. The molecule has 0 fully saturated rings. The molecule has 3 aromatic rings. The third kappa shape index (κ3) is 2.88. The molecule has 4 rings (SSSR count). The molecular weight excluding hydrogens is 320 g/mol. The van der Waals surface area contributed by atoms with Crippen LogP contribution in [0.15, 0.2) is 59.3 Å². The van der Waals surface area contributed by atoms with Crippen LogP contribution in [0.5, 0.6) is 17.2 Å². The molecule has 4 heteroatoms. The Morgan fingerprint density at radius 2 is 1.83 bits per heavy atom. The van der Waals surface area contributed by atoms with E-state index in [1.807, 2.05) is 30.3 Å². The molecule has 0 unspecified atom stereocenters. The lowest BCUT2D eigenvalue weighted by Crippen LogP contribution is -1.92. The van der Waals surface area contributed by atoms with E-state index in [-0.39, 0.29) is 0 Å². The number of methoxy groups -OCH3 is 1. The normalized spacial score (nSPS) is 13.1. The molecule has 0 saturated carbocycles. The number of hydrogen-bond donors (Lipinski definition) is 0. The Bertz CT molecular complexity index is 864. The maximum atomic E-state index is 5.48. The number of benzene rings is 2. The first-order chi connectivity index (χ1) is 11.8. The number of thiophene rings is 1. The van der Waals surface area contributed by atoms with Crippen LogP contribution < -0.4 is 14.2 Å². The van der Waals surface area contributed by atoms with Gasteiger partial charge in [-0.25, -0.2) is 0 Å². The van der Waals surface area contributed by atoms with Crippen LogP contribution in [0.4, 0.5) is 0 Å². The van der Waals surface area contributed by atoms with E-state index >= 15 is 0 Å². The second-order valence-corrected chi connectivity index (χ2v) is 6.19. The Balaban J connectivity index is 1.77. The van der Waals surface area contributed by atoms with Gasteiger partial charge in [0.2, 0.25) is 6.79 Å². The van der Waals surface area contributed by atoms with Crippen molar-refractivity contribution in [3.05, 3.63) is 76.0 Å². The molecule has 0 radical (unpaired) electrons. The molecule has 0 spiro atoms. The van der Waals surface area contributed by atoms with E-state index in [1.165, 1.54) is 5.56 Å². The first-order valence-electron chi connectivity index (χ1n) is 7.62. The zero-order chi connectivity index (χ0) is 16.4. The summed E-state index contributed by atoms with van der Waals surface area (Å²) in [5.41, 5.74) is 4.59. The van der Waals surface area contributed by atoms with Crippen LogP contribution in [-0.4, -0.2) is 13.9 Å². The van der Waals surface area contributed by atoms with E-state index in [0.29, 0.717) is 6.79 Å². The van der Waals surface area contributed by atoms with Crippen molar-refractivity contribution >= 4 is 23.0 Å². The Morgan fingerprint density at radius 1 is 1.00 bits per heavy atom. The van der Waals surface area contributed by atoms with Gasteiger partial charge in [-0.05, 0) is 69.4 Å². The molecule has 1 aliphatic rings. The molecule has 1 aliphatic heterocycles. The predicted octanol–water partition coefficient (Wildman–Crippen LogP) is 5.07. The Kier molecular flexibility index (Phi) is 3.97. The highest BCUT2D eigenvalue weighted by Crippen LogP contribution is 2.35. The van der Waals surface area contributed by atoms with Crippen molar-refractivity contribution in [3.8, 4) is 17.2 Å². The summed E-state index contributed by atoms with van der Waals surface area (Å²) in [5.74, 6) is 2.45. The van der Waals surface area contributed by atoms with E-state index < -0.39 is 0 Å². The Morgan fingerprint density at radius 3 is 2.58 bits per heavy atom. The topological polar surface area (TPSA) is 27.7 Å². The Labute approximate surface area is 144 Å². The summed E-state index contributed by atoms with van der Waals surface area (Å²) in [5, 5.41) is 4.25. The average Bonchev–Trinajstić information content (AvgIpc) is 3.31. The van der Waals surface area contributed by atoms with Gasteiger partial charge in [0, 0.05) is 0 Å². The van der Waals surface area contributed by atoms with Crippen LogP contribution in [0.2, 0.25) is 0 Å². The van der Waals surface area contributed by atoms with Crippen molar-refractivity contribution in [2.75, 3.05) is 13.9 Å². The molecule has 0 N–H and O–H groups in total. The number of rotatable bonds is 4. The second kappa shape index (κ2) is 6.42. The minimum atomic E-state index is 0.290. The maximum absolute atomic E-state index is 5.48. The molecule has 0 saturated heterocycles. The molecular formula is C20H16O3S. The lowest BCUT2D eigenvalue weighted by molar-refractivity contribution is 0.174. The minimum Gasteiger partial charge on any atom is -0.497 e. The average molecular weight is 336 g/mol. The van der Waals surface area contributed by atoms with Gasteiger partial charge in [-0.1, -0.05) is 18.2 Å². The molecule has 0 atom stereocenters. The molecule has 120 valence electrons. The quantitative estimate of drug-likeness (QED) is 0.622. The molecule has 24 heavy (non-hydrogen) atoms. The highest BCUT2D eigenvalue weighted by Gasteiger charge is 2.13. The van der Waals surface area contributed by atoms with Gasteiger partial charge < -0.3 is 14.2 Å². The lowest BCUT2D eigenvalue weighted by atomic mass is 9.97. The first-order valence-corrected chi connectivity index (χ1v) is 8.56. The number of ether oxygens (including phenoxy) is 3. The monoisotopic (exact) mass is 336 g/mol. The smallest absolute Gasteiger partial charge is 0.231 e. The van der Waals surface area contributed by atoms with E-state index in [1.54, 1.807) is 18.4 Å². The first kappa shape index (κ1) is 14.8. The molecule has 1 aromatic heterocycles. The fourth-order valence-corrected chi connectivity index (χ4v) is 3.35. The highest BCUT2D eigenvalue weighted by molar-refractivity contribution is 7.08. The third-order valence-electron chi connectivity index (χ3n) is 3.94. The maximum Gasteiger partial charge on any atom is 0.231 e. The SMILES string of the molecule is COc1ccc(/C(=C/c2ccc3c(c2)OCO3)c2ccsc2)cc1. The van der Waals surface area contributed by atoms with Crippen molar-refractivity contribution in [3.63, 3.8) is 0 Å². The van der Waals surface area contributed by atoms with Gasteiger partial charge >= 0.3 is 0 Å². The fraction of sp³-hybridized carbons (Fsp3) is 0.100. The van der Waals surface area contributed by atoms with Crippen LogP contribution in [-0.2, 0) is 0 Å². The summed E-state index contributed by atoms with van der Waals surface area (Å²) in [6.45, 7) is 0.290. The summed E-state index contributed by atoms with van der Waals surface area (Å²) in [6.07, 6.45) is 2.17. The molecule has 0 aliphatic carbocycles. The van der Waals surface area contributed by atoms with E-state index in [0.717, 1.165) is 33.9 Å². The van der Waals surface area contributed by atoms with Crippen LogP contribution in [0.25, 0.3) is 11.6 Å². The molecule has 3 nitrogen and oxygen atoms in total. The predicted molar refractivity (Wildman–Crippen MR) is 96.9 cm³/mol. The van der Waals surface area contributed by atoms with E-state index in [9.17, 15) is 0 Å². The van der Waals surface area contributed by atoms with Gasteiger partial charge in [-0.15, -0.1) is 0 Å². The lowest BCUT2D eigenvalue weighted by Gasteiger charge is -2.08. The zero-order valence-corrected chi connectivity index (χ0v) is 14.0. The van der Waals surface area contributed by atoms with E-state index in [4.69, 9.17) is 14.2 Å². The van der Waals surface area contributed by atoms with Crippen LogP contribution in [0.3, 0.4) is 0 Å². The van der Waals surface area contributed by atoms with Crippen molar-refractivity contribution in [1.29, 1.82) is 0 Å². The fourth-order valence-electron chi connectivity index (χ4n) is 2.69. The summed E-state index contributed by atoms with van der Waals surface area (Å²) in [7, 11) is 1.68. The second-order valence-electron chi connectivity index (χ2n) is 5.41. The molecule has 2 heterocycles. The highest BCUT2D eigenvalue weighted by atomic mass is 32.1. The third-order valence-corrected chi connectivity index (χ3v) is 4.62. The summed E-state index contributed by atoms with van der Waals surface area (Å²) >= 11 is 1.69.